The molecule has 0 heterocycles. The summed E-state index contributed by atoms with van der Waals surface area (Å²) in [5, 5.41) is 12.9. The number of amides is 1. The van der Waals surface area contributed by atoms with Gasteiger partial charge >= 0.3 is 0 Å². The van der Waals surface area contributed by atoms with Crippen molar-refractivity contribution in [2.24, 2.45) is 0 Å². The zero-order valence-corrected chi connectivity index (χ0v) is 11.7. The van der Waals surface area contributed by atoms with E-state index in [4.69, 9.17) is 17.3 Å². The molecule has 0 fully saturated rings. The highest BCUT2D eigenvalue weighted by atomic mass is 35.5. The van der Waals surface area contributed by atoms with Crippen LogP contribution in [0.3, 0.4) is 0 Å². The van der Waals surface area contributed by atoms with E-state index in [0.29, 0.717) is 21.8 Å². The number of hydrogen-bond acceptors (Lipinski definition) is 3. The Morgan fingerprint density at radius 3 is 2.75 bits per heavy atom. The van der Waals surface area contributed by atoms with E-state index in [1.807, 2.05) is 6.92 Å². The summed E-state index contributed by atoms with van der Waals surface area (Å²) in [5.41, 5.74) is 8.13. The average molecular weight is 291 g/mol. The number of aryl methyl sites for hydroxylation is 1. The number of hydrogen-bond donors (Lipinski definition) is 3. The van der Waals surface area contributed by atoms with Crippen LogP contribution < -0.4 is 11.1 Å². The van der Waals surface area contributed by atoms with Crippen molar-refractivity contribution in [1.82, 2.24) is 5.32 Å². The molecule has 0 aliphatic rings. The molecule has 20 heavy (non-hydrogen) atoms. The van der Waals surface area contributed by atoms with E-state index in [2.05, 4.69) is 5.32 Å². The largest absolute Gasteiger partial charge is 0.508 e. The molecular weight excluding hydrogens is 276 g/mol. The van der Waals surface area contributed by atoms with E-state index in [0.717, 1.165) is 5.56 Å². The molecule has 0 atom stereocenters. The van der Waals surface area contributed by atoms with E-state index in [1.165, 1.54) is 6.07 Å². The van der Waals surface area contributed by atoms with Gasteiger partial charge in [-0.05, 0) is 42.8 Å². The second kappa shape index (κ2) is 5.84. The van der Waals surface area contributed by atoms with Gasteiger partial charge < -0.3 is 16.2 Å². The molecule has 0 aromatic heterocycles. The summed E-state index contributed by atoms with van der Waals surface area (Å²) < 4.78 is 0. The van der Waals surface area contributed by atoms with Gasteiger partial charge in [-0.1, -0.05) is 17.7 Å². The number of phenolic OH excluding ortho intramolecular Hbond substituents is 1. The first-order chi connectivity index (χ1) is 9.47. The molecule has 2 aromatic rings. The third-order valence-corrected chi connectivity index (χ3v) is 3.38. The van der Waals surface area contributed by atoms with Crippen LogP contribution in [0, 0.1) is 6.92 Å². The van der Waals surface area contributed by atoms with Crippen LogP contribution in [0.1, 0.15) is 21.5 Å². The first-order valence-electron chi connectivity index (χ1n) is 6.09. The normalized spacial score (nSPS) is 10.3. The van der Waals surface area contributed by atoms with Crippen LogP contribution in [-0.4, -0.2) is 11.0 Å². The number of nitrogen functional groups attached to an aromatic ring is 1. The summed E-state index contributed by atoms with van der Waals surface area (Å²) in [7, 11) is 0. The number of nitrogens with two attached hydrogens (primary N) is 1. The number of carbonyl (C=O) groups excluding carboxylic acids is 1. The molecule has 4 N–H and O–H groups in total. The van der Waals surface area contributed by atoms with Crippen molar-refractivity contribution in [3.63, 3.8) is 0 Å². The van der Waals surface area contributed by atoms with E-state index < -0.39 is 0 Å². The second-order valence-electron chi connectivity index (χ2n) is 4.53. The molecule has 5 heteroatoms. The highest BCUT2D eigenvalue weighted by Crippen LogP contribution is 2.20. The van der Waals surface area contributed by atoms with Crippen molar-refractivity contribution in [3.8, 4) is 5.75 Å². The van der Waals surface area contributed by atoms with E-state index in [9.17, 15) is 9.90 Å². The number of nitrogens with one attached hydrogen (secondary N) is 1. The molecule has 0 spiro atoms. The molecule has 2 rings (SSSR count). The van der Waals surface area contributed by atoms with Gasteiger partial charge in [0.25, 0.3) is 5.91 Å². The van der Waals surface area contributed by atoms with Crippen LogP contribution in [0.4, 0.5) is 5.69 Å². The van der Waals surface area contributed by atoms with Crippen molar-refractivity contribution in [1.29, 1.82) is 0 Å². The van der Waals surface area contributed by atoms with Gasteiger partial charge in [0.2, 0.25) is 0 Å². The van der Waals surface area contributed by atoms with Crippen LogP contribution in [-0.2, 0) is 6.54 Å². The summed E-state index contributed by atoms with van der Waals surface area (Å²) in [6, 6.07) is 9.83. The lowest BCUT2D eigenvalue weighted by molar-refractivity contribution is 0.0951. The predicted octanol–water partition coefficient (Wildman–Crippen LogP) is 2.87. The molecule has 4 nitrogen and oxygen atoms in total. The number of phenols is 1. The standard InChI is InChI=1S/C15H15ClN2O2/c1-9-2-3-10(7-13(9)16)15(20)18-8-11-6-12(17)4-5-14(11)19/h2-7,19H,8,17H2,1H3,(H,18,20). The Bertz CT molecular complexity index is 656. The smallest absolute Gasteiger partial charge is 0.251 e. The first-order valence-corrected chi connectivity index (χ1v) is 6.47. The molecule has 0 aliphatic carbocycles. The van der Waals surface area contributed by atoms with Crippen LogP contribution in [0.15, 0.2) is 36.4 Å². The molecule has 0 saturated heterocycles. The van der Waals surface area contributed by atoms with Gasteiger partial charge in [-0.25, -0.2) is 0 Å². The fraction of sp³-hybridized carbons (Fsp3) is 0.133. The zero-order chi connectivity index (χ0) is 14.7. The number of benzene rings is 2. The summed E-state index contributed by atoms with van der Waals surface area (Å²) in [4.78, 5) is 12.0. The van der Waals surface area contributed by atoms with Crippen LogP contribution in [0.25, 0.3) is 0 Å². The number of anilines is 1. The Morgan fingerprint density at radius 2 is 2.05 bits per heavy atom. The SMILES string of the molecule is Cc1ccc(C(=O)NCc2cc(N)ccc2O)cc1Cl. The molecular formula is C15H15ClN2O2. The van der Waals surface area contributed by atoms with E-state index >= 15 is 0 Å². The summed E-state index contributed by atoms with van der Waals surface area (Å²) in [6.07, 6.45) is 0. The third-order valence-electron chi connectivity index (χ3n) is 2.98. The van der Waals surface area contributed by atoms with Crippen molar-refractivity contribution in [2.45, 2.75) is 13.5 Å². The molecule has 0 unspecified atom stereocenters. The molecule has 0 aliphatic heterocycles. The van der Waals surface area contributed by atoms with Gasteiger partial charge in [-0.2, -0.15) is 0 Å². The zero-order valence-electron chi connectivity index (χ0n) is 11.0. The number of aromatic hydroxyl groups is 1. The Kier molecular flexibility index (Phi) is 4.15. The predicted molar refractivity (Wildman–Crippen MR) is 79.9 cm³/mol. The molecule has 1 amide bonds. The van der Waals surface area contributed by atoms with Gasteiger partial charge in [-0.3, -0.25) is 4.79 Å². The maximum atomic E-state index is 12.0. The van der Waals surface area contributed by atoms with Crippen molar-refractivity contribution < 1.29 is 9.90 Å². The topological polar surface area (TPSA) is 75.4 Å². The minimum absolute atomic E-state index is 0.0986. The Morgan fingerprint density at radius 1 is 1.30 bits per heavy atom. The van der Waals surface area contributed by atoms with Crippen LogP contribution >= 0.6 is 11.6 Å². The van der Waals surface area contributed by atoms with Crippen molar-refractivity contribution in [3.05, 3.63) is 58.1 Å². The summed E-state index contributed by atoms with van der Waals surface area (Å²) in [5.74, 6) is -0.157. The number of halogens is 1. The van der Waals surface area contributed by atoms with Crippen LogP contribution in [0.5, 0.6) is 5.75 Å². The molecule has 0 radical (unpaired) electrons. The van der Waals surface area contributed by atoms with E-state index in [1.54, 1.807) is 30.3 Å². The van der Waals surface area contributed by atoms with Gasteiger partial charge in [-0.15, -0.1) is 0 Å². The maximum Gasteiger partial charge on any atom is 0.251 e. The highest BCUT2D eigenvalue weighted by molar-refractivity contribution is 6.31. The van der Waals surface area contributed by atoms with Gasteiger partial charge in [0.1, 0.15) is 5.75 Å². The number of rotatable bonds is 3. The third kappa shape index (κ3) is 3.22. The maximum absolute atomic E-state index is 12.0. The second-order valence-corrected chi connectivity index (χ2v) is 4.94. The van der Waals surface area contributed by atoms with Gasteiger partial charge in [0, 0.05) is 28.4 Å². The van der Waals surface area contributed by atoms with Crippen molar-refractivity contribution in [2.75, 3.05) is 5.73 Å². The van der Waals surface area contributed by atoms with E-state index in [-0.39, 0.29) is 18.2 Å². The Labute approximate surface area is 122 Å². The fourth-order valence-electron chi connectivity index (χ4n) is 1.76. The van der Waals surface area contributed by atoms with Crippen molar-refractivity contribution >= 4 is 23.2 Å². The summed E-state index contributed by atoms with van der Waals surface area (Å²) in [6.45, 7) is 2.07. The molecule has 0 bridgehead atoms. The lowest BCUT2D eigenvalue weighted by atomic mass is 10.1. The minimum atomic E-state index is -0.256. The molecule has 104 valence electrons. The monoisotopic (exact) mass is 290 g/mol. The molecule has 2 aromatic carbocycles. The van der Waals surface area contributed by atoms with Crippen LogP contribution in [0.2, 0.25) is 5.02 Å². The quantitative estimate of drug-likeness (QED) is 0.601. The lowest BCUT2D eigenvalue weighted by Gasteiger charge is -2.09. The highest BCUT2D eigenvalue weighted by Gasteiger charge is 2.08. The number of carbonyl (C=O) groups is 1. The molecule has 0 saturated carbocycles. The van der Waals surface area contributed by atoms with Gasteiger partial charge in [0.05, 0.1) is 0 Å². The van der Waals surface area contributed by atoms with Gasteiger partial charge in [0.15, 0.2) is 0 Å². The Balaban J connectivity index is 2.08. The Hall–Kier alpha value is -2.20. The fourth-order valence-corrected chi connectivity index (χ4v) is 1.94. The first kappa shape index (κ1) is 14.2. The minimum Gasteiger partial charge on any atom is -0.508 e. The summed E-state index contributed by atoms with van der Waals surface area (Å²) >= 11 is 5.98. The lowest BCUT2D eigenvalue weighted by Crippen LogP contribution is -2.22. The average Bonchev–Trinajstić information content (AvgIpc) is 2.42.